The number of anilines is 1. The molecule has 0 fully saturated rings. The molecule has 27 heavy (non-hydrogen) atoms. The normalized spacial score (nSPS) is 10.7. The van der Waals surface area contributed by atoms with Gasteiger partial charge in [0, 0.05) is 11.3 Å². The van der Waals surface area contributed by atoms with Gasteiger partial charge in [0.2, 0.25) is 0 Å². The third kappa shape index (κ3) is 7.01. The predicted octanol–water partition coefficient (Wildman–Crippen LogP) is 0.536. The van der Waals surface area contributed by atoms with Gasteiger partial charge in [-0.1, -0.05) is 30.3 Å². The second kappa shape index (κ2) is 11.8. The van der Waals surface area contributed by atoms with E-state index in [4.69, 9.17) is 17.4 Å². The predicted molar refractivity (Wildman–Crippen MR) is 105 cm³/mol. The molecular formula is C19H15N2NaO3S2. The molecule has 5 nitrogen and oxygen atoms in total. The van der Waals surface area contributed by atoms with Crippen molar-refractivity contribution in [2.24, 2.45) is 0 Å². The summed E-state index contributed by atoms with van der Waals surface area (Å²) in [7, 11) is 1.54. The Hall–Kier alpha value is -1.82. The fourth-order valence-electron chi connectivity index (χ4n) is 1.97. The molecule has 0 heterocycles. The van der Waals surface area contributed by atoms with E-state index in [9.17, 15) is 14.9 Å². The zero-order valence-electron chi connectivity index (χ0n) is 14.9. The van der Waals surface area contributed by atoms with Gasteiger partial charge < -0.3 is 22.7 Å². The van der Waals surface area contributed by atoms with Crippen molar-refractivity contribution in [1.29, 1.82) is 5.26 Å². The summed E-state index contributed by atoms with van der Waals surface area (Å²) >= 11 is 6.14. The first-order valence-electron chi connectivity index (χ1n) is 7.53. The molecule has 2 rings (SSSR count). The Bertz CT molecular complexity index is 863. The van der Waals surface area contributed by atoms with Crippen LogP contribution in [0.5, 0.6) is 5.75 Å². The van der Waals surface area contributed by atoms with E-state index in [2.05, 4.69) is 5.32 Å². The van der Waals surface area contributed by atoms with Gasteiger partial charge in [0.05, 0.1) is 12.9 Å². The van der Waals surface area contributed by atoms with Gasteiger partial charge in [-0.2, -0.15) is 5.26 Å². The van der Waals surface area contributed by atoms with E-state index in [-0.39, 0.29) is 50.9 Å². The number of carbonyl (C=O) groups excluding carboxylic acids is 2. The van der Waals surface area contributed by atoms with Crippen LogP contribution in [0, 0.1) is 11.3 Å². The summed E-state index contributed by atoms with van der Waals surface area (Å²) in [6.07, 6.45) is 0. The standard InChI is InChI=1S/C19H16N2O3S2.Na/c1-24-15-9-7-14(8-10-15)21-18(23)16(11-20)19(25)26-12-17(22)13-5-3-2-4-6-13;/h2-10,25H,12H2,1H3,(H,21,23);/q;+1/p-1/b19-16+;. The second-order valence-corrected chi connectivity index (χ2v) is 6.69. The average molecular weight is 406 g/mol. The molecule has 0 atom stereocenters. The Labute approximate surface area is 189 Å². The van der Waals surface area contributed by atoms with Crippen molar-refractivity contribution in [3.63, 3.8) is 0 Å². The number of hydrogen-bond acceptors (Lipinski definition) is 6. The van der Waals surface area contributed by atoms with E-state index < -0.39 is 5.91 Å². The monoisotopic (exact) mass is 406 g/mol. The SMILES string of the molecule is COc1ccc(NC(=O)/C(C#N)=C(\[S-])SCC(=O)c2ccccc2)cc1.[Na+]. The summed E-state index contributed by atoms with van der Waals surface area (Å²) in [6, 6.07) is 17.3. The third-order valence-corrected chi connectivity index (χ3v) is 4.75. The van der Waals surface area contributed by atoms with E-state index in [0.717, 1.165) is 11.8 Å². The second-order valence-electron chi connectivity index (χ2n) is 5.03. The molecule has 0 saturated heterocycles. The Balaban J connectivity index is 0.00000364. The summed E-state index contributed by atoms with van der Waals surface area (Å²) in [5.74, 6) is -0.0183. The Kier molecular flexibility index (Phi) is 10.1. The van der Waals surface area contributed by atoms with Crippen LogP contribution in [0.15, 0.2) is 64.4 Å². The number of thioether (sulfide) groups is 1. The molecule has 0 saturated carbocycles. The molecule has 0 aromatic heterocycles. The van der Waals surface area contributed by atoms with Crippen molar-refractivity contribution in [2.75, 3.05) is 18.2 Å². The number of amides is 1. The van der Waals surface area contributed by atoms with Gasteiger partial charge >= 0.3 is 29.6 Å². The molecule has 0 spiro atoms. The van der Waals surface area contributed by atoms with Crippen LogP contribution < -0.4 is 39.6 Å². The van der Waals surface area contributed by atoms with Gasteiger partial charge in [-0.3, -0.25) is 9.59 Å². The molecule has 0 aliphatic rings. The smallest absolute Gasteiger partial charge is 0.772 e. The minimum absolute atomic E-state index is 0. The molecule has 132 valence electrons. The minimum Gasteiger partial charge on any atom is -0.772 e. The first kappa shape index (κ1) is 23.2. The van der Waals surface area contributed by atoms with Gasteiger partial charge in [-0.15, -0.1) is 16.0 Å². The molecule has 8 heteroatoms. The number of Topliss-reactive ketones (excluding diaryl/α,β-unsaturated/α-hetero) is 1. The van der Waals surface area contributed by atoms with Gasteiger partial charge in [0.15, 0.2) is 5.78 Å². The Morgan fingerprint density at radius 1 is 1.15 bits per heavy atom. The number of benzene rings is 2. The van der Waals surface area contributed by atoms with Crippen molar-refractivity contribution in [3.8, 4) is 11.8 Å². The maximum Gasteiger partial charge on any atom is 1.00 e. The molecule has 1 amide bonds. The van der Waals surface area contributed by atoms with Crippen LogP contribution in [-0.4, -0.2) is 24.6 Å². The van der Waals surface area contributed by atoms with Gasteiger partial charge in [0.1, 0.15) is 17.4 Å². The maximum absolute atomic E-state index is 12.3. The Morgan fingerprint density at radius 3 is 2.33 bits per heavy atom. The van der Waals surface area contributed by atoms with Crippen LogP contribution >= 0.6 is 11.8 Å². The van der Waals surface area contributed by atoms with Crippen LogP contribution in [-0.2, 0) is 17.4 Å². The minimum atomic E-state index is -0.609. The van der Waals surface area contributed by atoms with Crippen molar-refractivity contribution in [2.45, 2.75) is 0 Å². The fraction of sp³-hybridized carbons (Fsp3) is 0.105. The molecule has 1 N–H and O–H groups in total. The van der Waals surface area contributed by atoms with Crippen molar-refractivity contribution >= 4 is 41.8 Å². The summed E-state index contributed by atoms with van der Waals surface area (Å²) in [6.45, 7) is 0. The van der Waals surface area contributed by atoms with Crippen LogP contribution in [0.25, 0.3) is 0 Å². The number of methoxy groups -OCH3 is 1. The number of nitrogens with zero attached hydrogens (tertiary/aromatic N) is 1. The molecule has 0 radical (unpaired) electrons. The van der Waals surface area contributed by atoms with E-state index in [1.54, 1.807) is 55.6 Å². The molecule has 0 unspecified atom stereocenters. The quantitative estimate of drug-likeness (QED) is 0.238. The number of carbonyl (C=O) groups is 2. The average Bonchev–Trinajstić information content (AvgIpc) is 2.68. The number of rotatable bonds is 7. The van der Waals surface area contributed by atoms with E-state index >= 15 is 0 Å². The molecule has 0 bridgehead atoms. The molecule has 2 aromatic rings. The molecule has 2 aromatic carbocycles. The summed E-state index contributed by atoms with van der Waals surface area (Å²) in [5.41, 5.74) is 0.877. The van der Waals surface area contributed by atoms with Crippen molar-refractivity contribution in [3.05, 3.63) is 70.0 Å². The molecule has 0 aliphatic heterocycles. The summed E-state index contributed by atoms with van der Waals surface area (Å²) in [4.78, 5) is 24.4. The fourth-order valence-corrected chi connectivity index (χ4v) is 2.99. The first-order valence-corrected chi connectivity index (χ1v) is 8.92. The largest absolute Gasteiger partial charge is 1.00 e. The van der Waals surface area contributed by atoms with Crippen LogP contribution in [0.2, 0.25) is 0 Å². The third-order valence-electron chi connectivity index (χ3n) is 3.32. The maximum atomic E-state index is 12.3. The van der Waals surface area contributed by atoms with E-state index in [1.165, 1.54) is 0 Å². The molecular weight excluding hydrogens is 391 g/mol. The van der Waals surface area contributed by atoms with Crippen molar-refractivity contribution in [1.82, 2.24) is 0 Å². The number of nitrogens with one attached hydrogen (secondary N) is 1. The zero-order chi connectivity index (χ0) is 18.9. The van der Waals surface area contributed by atoms with Crippen LogP contribution in [0.3, 0.4) is 0 Å². The first-order chi connectivity index (χ1) is 12.5. The van der Waals surface area contributed by atoms with Crippen molar-refractivity contribution < 1.29 is 43.9 Å². The summed E-state index contributed by atoms with van der Waals surface area (Å²) < 4.78 is 5.13. The topological polar surface area (TPSA) is 79.2 Å². The zero-order valence-corrected chi connectivity index (χ0v) is 18.5. The van der Waals surface area contributed by atoms with Gasteiger partial charge in [-0.25, -0.2) is 0 Å². The van der Waals surface area contributed by atoms with Crippen LogP contribution in [0.4, 0.5) is 5.69 Å². The number of ketones is 1. The Morgan fingerprint density at radius 2 is 1.78 bits per heavy atom. The van der Waals surface area contributed by atoms with Crippen LogP contribution in [0.1, 0.15) is 10.4 Å². The number of hydrogen-bond donors (Lipinski definition) is 1. The van der Waals surface area contributed by atoms with E-state index in [1.807, 2.05) is 12.1 Å². The molecule has 0 aliphatic carbocycles. The number of nitriles is 1. The van der Waals surface area contributed by atoms with E-state index in [0.29, 0.717) is 17.0 Å². The van der Waals surface area contributed by atoms with Gasteiger partial charge in [0.25, 0.3) is 5.91 Å². The van der Waals surface area contributed by atoms with Gasteiger partial charge in [-0.05, 0) is 24.3 Å². The summed E-state index contributed by atoms with van der Waals surface area (Å²) in [5, 5.41) is 11.9. The number of ether oxygens (including phenoxy) is 1.